The molecule has 0 aromatic heterocycles. The molecule has 1 fully saturated rings. The first-order chi connectivity index (χ1) is 12.5. The molecular weight excluding hydrogens is 387 g/mol. The minimum absolute atomic E-state index is 0.0276. The summed E-state index contributed by atoms with van der Waals surface area (Å²) in [6.07, 6.45) is -5.39. The Labute approximate surface area is 159 Å². The zero-order valence-electron chi connectivity index (χ0n) is 14.8. The lowest BCUT2D eigenvalue weighted by Crippen LogP contribution is -2.55. The molecule has 1 aromatic rings. The Hall–Kier alpha value is -2.00. The highest BCUT2D eigenvalue weighted by Crippen LogP contribution is 2.34. The second-order valence-electron chi connectivity index (χ2n) is 6.60. The average Bonchev–Trinajstić information content (AvgIpc) is 2.59. The Morgan fingerprint density at radius 1 is 1.37 bits per heavy atom. The highest BCUT2D eigenvalue weighted by molar-refractivity contribution is 6.33. The van der Waals surface area contributed by atoms with Crippen molar-refractivity contribution < 1.29 is 27.5 Å². The van der Waals surface area contributed by atoms with Crippen LogP contribution in [-0.2, 0) is 20.5 Å². The molecule has 1 aromatic carbocycles. The van der Waals surface area contributed by atoms with Gasteiger partial charge in [-0.3, -0.25) is 9.59 Å². The SMILES string of the molecule is CC(C)[C@H](Nc1ccc(C(F)(F)F)cc1Cl)C(=O)N1CCOC(C(N)=O)C1. The first-order valence-electron chi connectivity index (χ1n) is 8.33. The molecule has 0 bridgehead atoms. The second-order valence-corrected chi connectivity index (χ2v) is 7.01. The Bertz CT molecular complexity index is 712. The molecule has 1 unspecified atom stereocenters. The number of nitrogens with two attached hydrogens (primary N) is 1. The van der Waals surface area contributed by atoms with Crippen LogP contribution in [0.1, 0.15) is 19.4 Å². The number of benzene rings is 1. The number of amides is 2. The van der Waals surface area contributed by atoms with Gasteiger partial charge < -0.3 is 20.7 Å². The third kappa shape index (κ3) is 5.26. The van der Waals surface area contributed by atoms with Gasteiger partial charge in [-0.15, -0.1) is 0 Å². The van der Waals surface area contributed by atoms with E-state index in [1.165, 1.54) is 11.0 Å². The van der Waals surface area contributed by atoms with Crippen molar-refractivity contribution in [3.05, 3.63) is 28.8 Å². The van der Waals surface area contributed by atoms with Crippen molar-refractivity contribution in [3.63, 3.8) is 0 Å². The monoisotopic (exact) mass is 407 g/mol. The molecule has 10 heteroatoms. The first kappa shape index (κ1) is 21.3. The van der Waals surface area contributed by atoms with E-state index >= 15 is 0 Å². The highest BCUT2D eigenvalue weighted by atomic mass is 35.5. The molecule has 1 saturated heterocycles. The molecule has 0 radical (unpaired) electrons. The summed E-state index contributed by atoms with van der Waals surface area (Å²) in [7, 11) is 0. The van der Waals surface area contributed by atoms with Gasteiger partial charge in [-0.05, 0) is 24.1 Å². The average molecular weight is 408 g/mol. The summed E-state index contributed by atoms with van der Waals surface area (Å²) in [6.45, 7) is 4.07. The van der Waals surface area contributed by atoms with Crippen LogP contribution >= 0.6 is 11.6 Å². The van der Waals surface area contributed by atoms with Crippen molar-refractivity contribution in [3.8, 4) is 0 Å². The number of morpholine rings is 1. The Balaban J connectivity index is 2.18. The molecule has 150 valence electrons. The van der Waals surface area contributed by atoms with E-state index in [-0.39, 0.29) is 42.2 Å². The van der Waals surface area contributed by atoms with E-state index in [4.69, 9.17) is 22.1 Å². The molecule has 1 aliphatic heterocycles. The summed E-state index contributed by atoms with van der Waals surface area (Å²) in [5.74, 6) is -1.16. The van der Waals surface area contributed by atoms with Crippen molar-refractivity contribution >= 4 is 29.1 Å². The molecule has 0 spiro atoms. The Morgan fingerprint density at radius 3 is 2.56 bits per heavy atom. The number of alkyl halides is 3. The molecule has 6 nitrogen and oxygen atoms in total. The van der Waals surface area contributed by atoms with Crippen LogP contribution in [0.15, 0.2) is 18.2 Å². The minimum Gasteiger partial charge on any atom is -0.372 e. The molecule has 1 aliphatic rings. The van der Waals surface area contributed by atoms with Gasteiger partial charge in [0.25, 0.3) is 0 Å². The number of rotatable bonds is 5. The van der Waals surface area contributed by atoms with E-state index in [9.17, 15) is 22.8 Å². The van der Waals surface area contributed by atoms with Crippen LogP contribution < -0.4 is 11.1 Å². The van der Waals surface area contributed by atoms with Gasteiger partial charge in [0, 0.05) is 6.54 Å². The number of nitrogens with one attached hydrogen (secondary N) is 1. The van der Waals surface area contributed by atoms with E-state index in [1.54, 1.807) is 13.8 Å². The third-order valence-electron chi connectivity index (χ3n) is 4.24. The Kier molecular flexibility index (Phi) is 6.59. The van der Waals surface area contributed by atoms with Crippen molar-refractivity contribution in [1.29, 1.82) is 0 Å². The number of halogens is 4. The predicted octanol–water partition coefficient (Wildman–Crippen LogP) is 2.51. The number of primary amides is 1. The fourth-order valence-corrected chi connectivity index (χ4v) is 2.94. The fraction of sp³-hybridized carbons (Fsp3) is 0.529. The number of carbonyl (C=O) groups is 2. The lowest BCUT2D eigenvalue weighted by molar-refractivity contribution is -0.146. The van der Waals surface area contributed by atoms with Crippen LogP contribution in [0.5, 0.6) is 0 Å². The molecule has 1 heterocycles. The molecule has 0 saturated carbocycles. The largest absolute Gasteiger partial charge is 0.416 e. The summed E-state index contributed by atoms with van der Waals surface area (Å²) >= 11 is 5.97. The maximum atomic E-state index is 12.9. The molecule has 27 heavy (non-hydrogen) atoms. The summed E-state index contributed by atoms with van der Waals surface area (Å²) in [6, 6.07) is 2.16. The number of hydrogen-bond acceptors (Lipinski definition) is 4. The Morgan fingerprint density at radius 2 is 2.04 bits per heavy atom. The fourth-order valence-electron chi connectivity index (χ4n) is 2.71. The summed E-state index contributed by atoms with van der Waals surface area (Å²) in [5, 5.41) is 2.78. The highest BCUT2D eigenvalue weighted by Gasteiger charge is 2.34. The maximum Gasteiger partial charge on any atom is 0.416 e. The van der Waals surface area contributed by atoms with Crippen LogP contribution in [0.25, 0.3) is 0 Å². The molecule has 0 aliphatic carbocycles. The lowest BCUT2D eigenvalue weighted by atomic mass is 10.0. The topological polar surface area (TPSA) is 84.7 Å². The van der Waals surface area contributed by atoms with Gasteiger partial charge in [0.1, 0.15) is 6.04 Å². The minimum atomic E-state index is -4.51. The van der Waals surface area contributed by atoms with Crippen LogP contribution in [0.2, 0.25) is 5.02 Å². The van der Waals surface area contributed by atoms with Gasteiger partial charge in [0.05, 0.1) is 29.4 Å². The molecule has 3 N–H and O–H groups in total. The molecule has 2 rings (SSSR count). The lowest BCUT2D eigenvalue weighted by Gasteiger charge is -2.35. The zero-order valence-corrected chi connectivity index (χ0v) is 15.6. The van der Waals surface area contributed by atoms with Gasteiger partial charge in [0.2, 0.25) is 11.8 Å². The number of carbonyl (C=O) groups excluding carboxylic acids is 2. The van der Waals surface area contributed by atoms with Crippen LogP contribution in [0, 0.1) is 5.92 Å². The predicted molar refractivity (Wildman–Crippen MR) is 94.2 cm³/mol. The van der Waals surface area contributed by atoms with E-state index in [2.05, 4.69) is 5.32 Å². The van der Waals surface area contributed by atoms with Crippen LogP contribution in [0.4, 0.5) is 18.9 Å². The van der Waals surface area contributed by atoms with E-state index in [1.807, 2.05) is 0 Å². The first-order valence-corrected chi connectivity index (χ1v) is 8.71. The van der Waals surface area contributed by atoms with E-state index < -0.39 is 29.8 Å². The van der Waals surface area contributed by atoms with Crippen LogP contribution in [0.3, 0.4) is 0 Å². The van der Waals surface area contributed by atoms with Gasteiger partial charge in [-0.1, -0.05) is 25.4 Å². The molecular formula is C17H21ClF3N3O3. The van der Waals surface area contributed by atoms with Gasteiger partial charge >= 0.3 is 6.18 Å². The van der Waals surface area contributed by atoms with Crippen molar-refractivity contribution in [2.24, 2.45) is 11.7 Å². The quantitative estimate of drug-likeness (QED) is 0.785. The number of hydrogen-bond donors (Lipinski definition) is 2. The number of nitrogens with zero attached hydrogens (tertiary/aromatic N) is 1. The van der Waals surface area contributed by atoms with Crippen molar-refractivity contribution in [1.82, 2.24) is 4.90 Å². The smallest absolute Gasteiger partial charge is 0.372 e. The number of ether oxygens (including phenoxy) is 1. The van der Waals surface area contributed by atoms with Crippen LogP contribution in [-0.4, -0.2) is 48.6 Å². The number of anilines is 1. The van der Waals surface area contributed by atoms with Gasteiger partial charge in [-0.2, -0.15) is 13.2 Å². The van der Waals surface area contributed by atoms with Crippen molar-refractivity contribution in [2.75, 3.05) is 25.0 Å². The summed E-state index contributed by atoms with van der Waals surface area (Å²) in [4.78, 5) is 25.6. The van der Waals surface area contributed by atoms with E-state index in [0.717, 1.165) is 12.1 Å². The normalized spacial score (nSPS) is 19.1. The second kappa shape index (κ2) is 8.35. The third-order valence-corrected chi connectivity index (χ3v) is 4.55. The van der Waals surface area contributed by atoms with E-state index in [0.29, 0.717) is 0 Å². The zero-order chi connectivity index (χ0) is 20.4. The summed E-state index contributed by atoms with van der Waals surface area (Å²) in [5.41, 5.74) is 4.58. The summed E-state index contributed by atoms with van der Waals surface area (Å²) < 4.78 is 43.5. The molecule has 2 atom stereocenters. The van der Waals surface area contributed by atoms with Gasteiger partial charge in [0.15, 0.2) is 6.10 Å². The standard InChI is InChI=1S/C17H21ClF3N3O3/c1-9(2)14(16(26)24-5-6-27-13(8-24)15(22)25)23-12-4-3-10(7-11(12)18)17(19,20)21/h3-4,7,9,13-14,23H,5-6,8H2,1-2H3,(H2,22,25)/t13?,14-/m0/s1. The maximum absolute atomic E-state index is 12.9. The van der Waals surface area contributed by atoms with Gasteiger partial charge in [-0.25, -0.2) is 0 Å². The molecule has 2 amide bonds. The van der Waals surface area contributed by atoms with Crippen molar-refractivity contribution in [2.45, 2.75) is 32.2 Å².